The summed E-state index contributed by atoms with van der Waals surface area (Å²) in [5.41, 5.74) is 0.180. The average molecular weight is 588 g/mol. The minimum absolute atomic E-state index is 0.0689. The molecule has 5 nitrogen and oxygen atoms in total. The number of hydrogen-bond donors (Lipinski definition) is 2. The first-order chi connectivity index (χ1) is 17.2. The number of hydrogen-bond acceptors (Lipinski definition) is 4. The summed E-state index contributed by atoms with van der Waals surface area (Å²) in [5.74, 6) is -5.69. The van der Waals surface area contributed by atoms with Gasteiger partial charge in [-0.2, -0.15) is 26.3 Å². The summed E-state index contributed by atoms with van der Waals surface area (Å²) in [6, 6.07) is 4.65. The van der Waals surface area contributed by atoms with E-state index in [9.17, 15) is 35.5 Å². The second kappa shape index (κ2) is 11.1. The van der Waals surface area contributed by atoms with Crippen molar-refractivity contribution in [3.05, 3.63) is 92.2 Å². The van der Waals surface area contributed by atoms with Crippen LogP contribution in [0.1, 0.15) is 33.0 Å². The van der Waals surface area contributed by atoms with Gasteiger partial charge in [-0.15, -0.1) is 0 Å². The molecular formula is C22H12Cl3F7N4O. The number of nitrogens with one attached hydrogen (secondary N) is 2. The number of amides is 1. The van der Waals surface area contributed by atoms with Crippen LogP contribution in [0.3, 0.4) is 0 Å². The Morgan fingerprint density at radius 1 is 0.946 bits per heavy atom. The second-order valence-electron chi connectivity index (χ2n) is 7.24. The van der Waals surface area contributed by atoms with E-state index in [1.165, 1.54) is 18.5 Å². The summed E-state index contributed by atoms with van der Waals surface area (Å²) in [5, 5.41) is -0.901. The average Bonchev–Trinajstić information content (AvgIpc) is 2.83. The number of carbonyl (C=O) groups excluding carboxylic acids is 1. The fourth-order valence-corrected chi connectivity index (χ4v) is 3.66. The third kappa shape index (κ3) is 7.02. The molecule has 3 rings (SSSR count). The van der Waals surface area contributed by atoms with Crippen molar-refractivity contribution in [2.45, 2.75) is 18.3 Å². The topological polar surface area (TPSA) is 66.9 Å². The van der Waals surface area contributed by atoms with Gasteiger partial charge in [0.15, 0.2) is 0 Å². The fraction of sp³-hybridized carbons (Fsp3) is 0.136. The van der Waals surface area contributed by atoms with Crippen molar-refractivity contribution in [2.75, 3.05) is 5.43 Å². The maximum Gasteiger partial charge on any atom is 0.417 e. The second-order valence-corrected chi connectivity index (χ2v) is 8.43. The zero-order valence-corrected chi connectivity index (χ0v) is 20.1. The zero-order valence-electron chi connectivity index (χ0n) is 17.9. The number of rotatable bonds is 6. The highest BCUT2D eigenvalue weighted by molar-refractivity contribution is 6.48. The predicted molar refractivity (Wildman–Crippen MR) is 124 cm³/mol. The largest absolute Gasteiger partial charge is 0.417 e. The van der Waals surface area contributed by atoms with Gasteiger partial charge in [0.2, 0.25) is 5.95 Å². The van der Waals surface area contributed by atoms with E-state index < -0.39 is 52.3 Å². The van der Waals surface area contributed by atoms with Crippen LogP contribution in [0.2, 0.25) is 15.1 Å². The number of halogens is 10. The van der Waals surface area contributed by atoms with Crippen LogP contribution >= 0.6 is 34.8 Å². The SMILES string of the molecule is O=C(NNc1ncccn1)c1ccc(C(F)=CC(c2cc(Cl)c(Cl)c(Cl)c2)C(F)(F)F)cc1C(F)(F)F. The van der Waals surface area contributed by atoms with Crippen molar-refractivity contribution in [1.29, 1.82) is 0 Å². The van der Waals surface area contributed by atoms with Gasteiger partial charge < -0.3 is 0 Å². The van der Waals surface area contributed by atoms with Gasteiger partial charge >= 0.3 is 12.4 Å². The Morgan fingerprint density at radius 2 is 1.54 bits per heavy atom. The lowest BCUT2D eigenvalue weighted by Gasteiger charge is -2.19. The minimum Gasteiger partial charge on any atom is -0.267 e. The van der Waals surface area contributed by atoms with Crippen molar-refractivity contribution in [2.24, 2.45) is 0 Å². The third-order valence-electron chi connectivity index (χ3n) is 4.73. The van der Waals surface area contributed by atoms with Gasteiger partial charge in [0.05, 0.1) is 26.2 Å². The maximum absolute atomic E-state index is 14.9. The predicted octanol–water partition coefficient (Wildman–Crippen LogP) is 7.87. The molecule has 2 N–H and O–H groups in total. The molecule has 0 fully saturated rings. The molecule has 3 aromatic rings. The third-order valence-corrected chi connectivity index (χ3v) is 5.93. The molecule has 0 aliphatic heterocycles. The van der Waals surface area contributed by atoms with Crippen LogP contribution in [0.15, 0.2) is 54.9 Å². The molecule has 1 unspecified atom stereocenters. The van der Waals surface area contributed by atoms with E-state index in [4.69, 9.17) is 34.8 Å². The molecule has 0 aliphatic carbocycles. The Balaban J connectivity index is 1.99. The number of aromatic nitrogens is 2. The molecule has 196 valence electrons. The Bertz CT molecular complexity index is 1310. The number of nitrogens with zero attached hydrogens (tertiary/aromatic N) is 2. The highest BCUT2D eigenvalue weighted by Gasteiger charge is 2.41. The molecule has 15 heteroatoms. The smallest absolute Gasteiger partial charge is 0.267 e. The van der Waals surface area contributed by atoms with Gasteiger partial charge in [0.25, 0.3) is 5.91 Å². The first kappa shape index (κ1) is 28.5. The molecule has 1 aromatic heterocycles. The van der Waals surface area contributed by atoms with Crippen molar-refractivity contribution in [3.63, 3.8) is 0 Å². The normalized spacial score (nSPS) is 13.3. The van der Waals surface area contributed by atoms with E-state index in [2.05, 4.69) is 15.4 Å². The summed E-state index contributed by atoms with van der Waals surface area (Å²) in [6.45, 7) is 0. The minimum atomic E-state index is -5.16. The first-order valence-electron chi connectivity index (χ1n) is 9.82. The van der Waals surface area contributed by atoms with E-state index in [-0.39, 0.29) is 33.2 Å². The van der Waals surface area contributed by atoms with E-state index in [1.807, 2.05) is 5.43 Å². The number of allylic oxidation sites excluding steroid dienone is 1. The summed E-state index contributed by atoms with van der Waals surface area (Å²) in [4.78, 5) is 19.7. The van der Waals surface area contributed by atoms with Crippen molar-refractivity contribution < 1.29 is 35.5 Å². The van der Waals surface area contributed by atoms with Gasteiger partial charge in [-0.05, 0) is 42.0 Å². The van der Waals surface area contributed by atoms with Gasteiger partial charge in [-0.1, -0.05) is 40.9 Å². The number of hydrazine groups is 1. The van der Waals surface area contributed by atoms with Crippen LogP contribution in [-0.4, -0.2) is 22.1 Å². The fourth-order valence-electron chi connectivity index (χ4n) is 3.05. The Hall–Kier alpha value is -3.09. The van der Waals surface area contributed by atoms with Crippen LogP contribution in [0.4, 0.5) is 36.7 Å². The van der Waals surface area contributed by atoms with Crippen molar-refractivity contribution in [1.82, 2.24) is 15.4 Å². The molecule has 37 heavy (non-hydrogen) atoms. The number of carbonyl (C=O) groups is 1. The monoisotopic (exact) mass is 586 g/mol. The molecule has 2 aromatic carbocycles. The van der Waals surface area contributed by atoms with Gasteiger partial charge in [0, 0.05) is 18.0 Å². The molecule has 1 amide bonds. The molecule has 0 bridgehead atoms. The molecule has 1 heterocycles. The van der Waals surface area contributed by atoms with Crippen LogP contribution in [0.25, 0.3) is 5.83 Å². The first-order valence-corrected chi connectivity index (χ1v) is 11.0. The van der Waals surface area contributed by atoms with Gasteiger partial charge in [-0.25, -0.2) is 14.4 Å². The zero-order chi connectivity index (χ0) is 27.5. The maximum atomic E-state index is 14.9. The van der Waals surface area contributed by atoms with E-state index in [1.54, 1.807) is 0 Å². The Morgan fingerprint density at radius 3 is 2.08 bits per heavy atom. The van der Waals surface area contributed by atoms with Crippen LogP contribution < -0.4 is 10.9 Å². The number of benzene rings is 2. The van der Waals surface area contributed by atoms with Crippen LogP contribution in [0.5, 0.6) is 0 Å². The molecule has 0 spiro atoms. The van der Waals surface area contributed by atoms with Crippen LogP contribution in [0, 0.1) is 0 Å². The van der Waals surface area contributed by atoms with E-state index >= 15 is 0 Å². The Labute approximate surface area is 219 Å². The quantitative estimate of drug-likeness (QED) is 0.175. The van der Waals surface area contributed by atoms with E-state index in [0.29, 0.717) is 6.07 Å². The lowest BCUT2D eigenvalue weighted by atomic mass is 9.95. The molecule has 1 atom stereocenters. The van der Waals surface area contributed by atoms with Gasteiger partial charge in [0.1, 0.15) is 11.7 Å². The Kier molecular flexibility index (Phi) is 8.56. The molecule has 0 radical (unpaired) electrons. The highest BCUT2D eigenvalue weighted by atomic mass is 35.5. The summed E-state index contributed by atoms with van der Waals surface area (Å²) in [6.07, 6.45) is -7.57. The summed E-state index contributed by atoms with van der Waals surface area (Å²) >= 11 is 17.3. The summed E-state index contributed by atoms with van der Waals surface area (Å²) in [7, 11) is 0. The van der Waals surface area contributed by atoms with Crippen molar-refractivity contribution >= 4 is 52.5 Å². The van der Waals surface area contributed by atoms with Crippen molar-refractivity contribution in [3.8, 4) is 0 Å². The van der Waals surface area contributed by atoms with Gasteiger partial charge in [-0.3, -0.25) is 15.6 Å². The van der Waals surface area contributed by atoms with Crippen LogP contribution in [-0.2, 0) is 6.18 Å². The molecule has 0 aliphatic rings. The summed E-state index contributed by atoms with van der Waals surface area (Å²) < 4.78 is 97.1. The van der Waals surface area contributed by atoms with E-state index in [0.717, 1.165) is 18.2 Å². The lowest BCUT2D eigenvalue weighted by Crippen LogP contribution is -2.32. The molecular weight excluding hydrogens is 576 g/mol. The lowest BCUT2D eigenvalue weighted by molar-refractivity contribution is -0.140. The highest BCUT2D eigenvalue weighted by Crippen LogP contribution is 2.42. The number of anilines is 1. The molecule has 0 saturated heterocycles. The number of alkyl halides is 6. The molecule has 0 saturated carbocycles. The standard InChI is InChI=1S/C22H12Cl3F7N4O/c23-15-7-11(8-16(24)18(15)25)13(21(27,28)29)9-17(26)10-2-3-12(14(6-10)22(30,31)32)19(37)35-36-20-33-4-1-5-34-20/h1-9,13H,(H,35,37)(H,33,34,36).